The molecule has 21 heavy (non-hydrogen) atoms. The van der Waals surface area contributed by atoms with Gasteiger partial charge in [-0.25, -0.2) is 4.99 Å². The number of para-hydroxylation sites is 1. The third-order valence-electron chi connectivity index (χ3n) is 3.90. The Balaban J connectivity index is 1.77. The van der Waals surface area contributed by atoms with Crippen LogP contribution in [0.3, 0.4) is 0 Å². The van der Waals surface area contributed by atoms with Gasteiger partial charge in [0.05, 0.1) is 12.1 Å². The molecule has 4 nitrogen and oxygen atoms in total. The van der Waals surface area contributed by atoms with E-state index in [1.54, 1.807) is 0 Å². The highest BCUT2D eigenvalue weighted by molar-refractivity contribution is 5.83. The number of aromatic nitrogens is 1. The van der Waals surface area contributed by atoms with E-state index in [0.29, 0.717) is 12.6 Å². The van der Waals surface area contributed by atoms with Gasteiger partial charge in [0, 0.05) is 24.2 Å². The van der Waals surface area contributed by atoms with E-state index in [4.69, 9.17) is 4.99 Å². The molecule has 0 amide bonds. The maximum Gasteiger partial charge on any atom is 0.191 e. The van der Waals surface area contributed by atoms with Gasteiger partial charge in [-0.2, -0.15) is 0 Å². The number of rotatable bonds is 4. The quantitative estimate of drug-likeness (QED) is 0.669. The lowest BCUT2D eigenvalue weighted by Crippen LogP contribution is -2.39. The molecule has 0 saturated heterocycles. The average molecular weight is 282 g/mol. The molecule has 3 rings (SSSR count). The van der Waals surface area contributed by atoms with E-state index < -0.39 is 0 Å². The molecule has 1 aliphatic carbocycles. The van der Waals surface area contributed by atoms with Crippen molar-refractivity contribution in [2.45, 2.75) is 32.9 Å². The fourth-order valence-corrected chi connectivity index (χ4v) is 2.48. The van der Waals surface area contributed by atoms with Crippen LogP contribution in [0, 0.1) is 5.92 Å². The number of pyridine rings is 1. The Hall–Kier alpha value is -2.10. The summed E-state index contributed by atoms with van der Waals surface area (Å²) in [6, 6.07) is 10.9. The SMILES string of the molecule is CCNC(=NCc1cccc2cccnc12)NC1CC1C. The van der Waals surface area contributed by atoms with Crippen molar-refractivity contribution in [3.05, 3.63) is 42.1 Å². The normalized spacial score (nSPS) is 21.3. The number of aliphatic imine (C=N–C) groups is 1. The molecule has 2 atom stereocenters. The van der Waals surface area contributed by atoms with E-state index in [1.165, 1.54) is 11.8 Å². The lowest BCUT2D eigenvalue weighted by Gasteiger charge is -2.11. The van der Waals surface area contributed by atoms with Crippen LogP contribution >= 0.6 is 0 Å². The molecule has 1 saturated carbocycles. The van der Waals surface area contributed by atoms with Crippen LogP contribution in [-0.2, 0) is 6.54 Å². The molecule has 4 heteroatoms. The molecular formula is C17H22N4. The Kier molecular flexibility index (Phi) is 4.04. The first-order valence-electron chi connectivity index (χ1n) is 7.65. The summed E-state index contributed by atoms with van der Waals surface area (Å²) in [5.74, 6) is 1.66. The van der Waals surface area contributed by atoms with Crippen LogP contribution in [0.15, 0.2) is 41.5 Å². The topological polar surface area (TPSA) is 49.3 Å². The second-order valence-electron chi connectivity index (χ2n) is 5.65. The molecule has 0 spiro atoms. The number of nitrogens with zero attached hydrogens (tertiary/aromatic N) is 2. The number of fused-ring (bicyclic) bond motifs is 1. The minimum absolute atomic E-state index is 0.577. The van der Waals surface area contributed by atoms with Crippen LogP contribution in [0.5, 0.6) is 0 Å². The predicted molar refractivity (Wildman–Crippen MR) is 87.3 cm³/mol. The molecule has 2 unspecified atom stereocenters. The zero-order valence-corrected chi connectivity index (χ0v) is 12.6. The van der Waals surface area contributed by atoms with Crippen molar-refractivity contribution in [2.75, 3.05) is 6.54 Å². The van der Waals surface area contributed by atoms with Gasteiger partial charge >= 0.3 is 0 Å². The van der Waals surface area contributed by atoms with Crippen molar-refractivity contribution < 1.29 is 0 Å². The average Bonchev–Trinajstić information content (AvgIpc) is 3.20. The Labute approximate surface area is 125 Å². The monoisotopic (exact) mass is 282 g/mol. The van der Waals surface area contributed by atoms with Crippen molar-refractivity contribution in [3.63, 3.8) is 0 Å². The summed E-state index contributed by atoms with van der Waals surface area (Å²) < 4.78 is 0. The zero-order chi connectivity index (χ0) is 14.7. The molecule has 1 aliphatic rings. The molecule has 0 aliphatic heterocycles. The number of benzene rings is 1. The molecule has 0 radical (unpaired) electrons. The van der Waals surface area contributed by atoms with E-state index in [1.807, 2.05) is 12.3 Å². The van der Waals surface area contributed by atoms with Crippen molar-refractivity contribution in [3.8, 4) is 0 Å². The van der Waals surface area contributed by atoms with E-state index in [9.17, 15) is 0 Å². The van der Waals surface area contributed by atoms with Crippen molar-refractivity contribution >= 4 is 16.9 Å². The highest BCUT2D eigenvalue weighted by atomic mass is 15.2. The third kappa shape index (κ3) is 3.32. The van der Waals surface area contributed by atoms with Gasteiger partial charge in [-0.1, -0.05) is 31.2 Å². The number of nitrogens with one attached hydrogen (secondary N) is 2. The highest BCUT2D eigenvalue weighted by Gasteiger charge is 2.33. The fourth-order valence-electron chi connectivity index (χ4n) is 2.48. The smallest absolute Gasteiger partial charge is 0.191 e. The van der Waals surface area contributed by atoms with E-state index >= 15 is 0 Å². The van der Waals surface area contributed by atoms with Crippen molar-refractivity contribution in [1.29, 1.82) is 0 Å². The molecule has 2 aromatic rings. The van der Waals surface area contributed by atoms with Gasteiger partial charge in [-0.05, 0) is 30.9 Å². The first-order chi connectivity index (χ1) is 10.3. The Morgan fingerprint density at radius 1 is 1.33 bits per heavy atom. The van der Waals surface area contributed by atoms with Gasteiger partial charge in [0.1, 0.15) is 0 Å². The molecule has 110 valence electrons. The number of hydrogen-bond acceptors (Lipinski definition) is 2. The van der Waals surface area contributed by atoms with E-state index in [-0.39, 0.29) is 0 Å². The summed E-state index contributed by atoms with van der Waals surface area (Å²) in [5.41, 5.74) is 2.20. The summed E-state index contributed by atoms with van der Waals surface area (Å²) in [6.45, 7) is 5.87. The number of guanidine groups is 1. The molecule has 1 fully saturated rings. The molecule has 0 bridgehead atoms. The summed E-state index contributed by atoms with van der Waals surface area (Å²) in [4.78, 5) is 9.18. The van der Waals surface area contributed by atoms with Crippen molar-refractivity contribution in [1.82, 2.24) is 15.6 Å². The summed E-state index contributed by atoms with van der Waals surface area (Å²) in [7, 11) is 0. The molecular weight excluding hydrogens is 260 g/mol. The summed E-state index contributed by atoms with van der Waals surface area (Å²) >= 11 is 0. The van der Waals surface area contributed by atoms with Crippen molar-refractivity contribution in [2.24, 2.45) is 10.9 Å². The van der Waals surface area contributed by atoms with Crippen LogP contribution in [0.2, 0.25) is 0 Å². The van der Waals surface area contributed by atoms with Crippen LogP contribution in [0.25, 0.3) is 10.9 Å². The van der Waals surface area contributed by atoms with Crippen LogP contribution in [0.1, 0.15) is 25.8 Å². The minimum Gasteiger partial charge on any atom is -0.357 e. The number of hydrogen-bond donors (Lipinski definition) is 2. The summed E-state index contributed by atoms with van der Waals surface area (Å²) in [5, 5.41) is 7.96. The summed E-state index contributed by atoms with van der Waals surface area (Å²) in [6.07, 6.45) is 3.07. The highest BCUT2D eigenvalue weighted by Crippen LogP contribution is 2.28. The van der Waals surface area contributed by atoms with Crippen LogP contribution in [0.4, 0.5) is 0 Å². The third-order valence-corrected chi connectivity index (χ3v) is 3.90. The molecule has 2 N–H and O–H groups in total. The Morgan fingerprint density at radius 2 is 2.14 bits per heavy atom. The second kappa shape index (κ2) is 6.12. The zero-order valence-electron chi connectivity index (χ0n) is 12.6. The van der Waals surface area contributed by atoms with Crippen LogP contribution in [-0.4, -0.2) is 23.5 Å². The minimum atomic E-state index is 0.577. The maximum atomic E-state index is 4.70. The second-order valence-corrected chi connectivity index (χ2v) is 5.65. The first kappa shape index (κ1) is 13.9. The van der Waals surface area contributed by atoms with Gasteiger partial charge in [-0.3, -0.25) is 4.98 Å². The maximum absolute atomic E-state index is 4.70. The van der Waals surface area contributed by atoms with E-state index in [0.717, 1.165) is 29.5 Å². The van der Waals surface area contributed by atoms with Gasteiger partial charge in [0.25, 0.3) is 0 Å². The fraction of sp³-hybridized carbons (Fsp3) is 0.412. The van der Waals surface area contributed by atoms with E-state index in [2.05, 4.69) is 53.7 Å². The van der Waals surface area contributed by atoms with Gasteiger partial charge in [0.2, 0.25) is 0 Å². The standard InChI is InChI=1S/C17H22N4/c1-3-18-17(21-15-10-12(15)2)20-11-14-7-4-6-13-8-5-9-19-16(13)14/h4-9,12,15H,3,10-11H2,1-2H3,(H2,18,20,21). The predicted octanol–water partition coefficient (Wildman–Crippen LogP) is 2.70. The van der Waals surface area contributed by atoms with Crippen LogP contribution < -0.4 is 10.6 Å². The largest absolute Gasteiger partial charge is 0.357 e. The Morgan fingerprint density at radius 3 is 2.90 bits per heavy atom. The van der Waals surface area contributed by atoms with Gasteiger partial charge in [-0.15, -0.1) is 0 Å². The first-order valence-corrected chi connectivity index (χ1v) is 7.65. The molecule has 1 aromatic heterocycles. The molecule has 1 heterocycles. The lowest BCUT2D eigenvalue weighted by atomic mass is 10.1. The lowest BCUT2D eigenvalue weighted by molar-refractivity contribution is 0.767. The van der Waals surface area contributed by atoms with Gasteiger partial charge in [0.15, 0.2) is 5.96 Å². The van der Waals surface area contributed by atoms with Gasteiger partial charge < -0.3 is 10.6 Å². The molecule has 1 aromatic carbocycles. The Bertz CT molecular complexity index is 645.